The van der Waals surface area contributed by atoms with Gasteiger partial charge in [0.25, 0.3) is 0 Å². The van der Waals surface area contributed by atoms with Crippen LogP contribution in [0.2, 0.25) is 0 Å². The van der Waals surface area contributed by atoms with Crippen molar-refractivity contribution in [2.24, 2.45) is 0 Å². The monoisotopic (exact) mass is 484 g/mol. The summed E-state index contributed by atoms with van der Waals surface area (Å²) in [5.74, 6) is 0.165. The molecule has 0 spiro atoms. The van der Waals surface area contributed by atoms with Crippen LogP contribution in [-0.2, 0) is 14.8 Å². The number of hydrogen-bond acceptors (Lipinski definition) is 6. The molecule has 2 heterocycles. The van der Waals surface area contributed by atoms with E-state index in [1.807, 2.05) is 36.9 Å². The summed E-state index contributed by atoms with van der Waals surface area (Å²) in [7, 11) is -3.66. The molecule has 0 bridgehead atoms. The molecule has 158 valence electrons. The summed E-state index contributed by atoms with van der Waals surface area (Å²) in [4.78, 5) is 14.8. The first-order chi connectivity index (χ1) is 13.6. The number of nitrogens with one attached hydrogen (secondary N) is 1. The zero-order chi connectivity index (χ0) is 21.3. The molecule has 0 aliphatic carbocycles. The summed E-state index contributed by atoms with van der Waals surface area (Å²) in [6.07, 6.45) is 0. The van der Waals surface area contributed by atoms with Crippen LogP contribution in [0.25, 0.3) is 0 Å². The first-order valence-electron chi connectivity index (χ1n) is 9.35. The van der Waals surface area contributed by atoms with Gasteiger partial charge in [0, 0.05) is 30.7 Å². The number of aromatic nitrogens is 1. The average Bonchev–Trinajstić information content (AvgIpc) is 3.02. The Morgan fingerprint density at radius 2 is 1.86 bits per heavy atom. The molecule has 10 heteroatoms. The largest absolute Gasteiger partial charge is 0.360 e. The Morgan fingerprint density at radius 3 is 2.41 bits per heavy atom. The van der Waals surface area contributed by atoms with Crippen LogP contribution in [-0.4, -0.2) is 60.9 Å². The van der Waals surface area contributed by atoms with E-state index in [1.54, 1.807) is 13.8 Å². The lowest BCUT2D eigenvalue weighted by molar-refractivity contribution is -0.121. The number of benzene rings is 1. The molecule has 1 aliphatic heterocycles. The molecular weight excluding hydrogens is 460 g/mol. The number of amides is 1. The Morgan fingerprint density at radius 1 is 1.21 bits per heavy atom. The first-order valence-corrected chi connectivity index (χ1v) is 11.6. The quantitative estimate of drug-likeness (QED) is 0.700. The lowest BCUT2D eigenvalue weighted by atomic mass is 10.2. The van der Waals surface area contributed by atoms with Crippen molar-refractivity contribution in [2.45, 2.75) is 38.6 Å². The number of halogens is 1. The normalized spacial score (nSPS) is 17.3. The summed E-state index contributed by atoms with van der Waals surface area (Å²) in [5, 5.41) is 6.68. The standard InChI is InChI=1S/C19H25BrN4O4S/c1-12-5-6-17(16(20)11-12)21-19(25)14(3)23-7-9-24(10-8-23)29(26,27)18-13(2)22-28-15(18)4/h5-6,11,14H,7-10H2,1-4H3,(H,21,25). The van der Waals surface area contributed by atoms with Crippen molar-refractivity contribution >= 4 is 37.5 Å². The Bertz CT molecular complexity index is 994. The molecule has 1 fully saturated rings. The molecule has 1 unspecified atom stereocenters. The van der Waals surface area contributed by atoms with Gasteiger partial charge in [0.2, 0.25) is 15.9 Å². The van der Waals surface area contributed by atoms with Gasteiger partial charge in [-0.1, -0.05) is 11.2 Å². The van der Waals surface area contributed by atoms with E-state index in [0.717, 1.165) is 10.0 Å². The predicted molar refractivity (Wildman–Crippen MR) is 113 cm³/mol. The number of aryl methyl sites for hydroxylation is 3. The highest BCUT2D eigenvalue weighted by molar-refractivity contribution is 9.10. The lowest BCUT2D eigenvalue weighted by Crippen LogP contribution is -2.54. The van der Waals surface area contributed by atoms with E-state index < -0.39 is 10.0 Å². The van der Waals surface area contributed by atoms with Gasteiger partial charge in [-0.25, -0.2) is 8.42 Å². The second-order valence-electron chi connectivity index (χ2n) is 7.24. The van der Waals surface area contributed by atoms with Crippen molar-refractivity contribution in [3.05, 3.63) is 39.7 Å². The van der Waals surface area contributed by atoms with Gasteiger partial charge in [0.1, 0.15) is 10.6 Å². The molecule has 0 radical (unpaired) electrons. The maximum Gasteiger partial charge on any atom is 0.248 e. The number of sulfonamides is 1. The van der Waals surface area contributed by atoms with Gasteiger partial charge in [0.05, 0.1) is 11.7 Å². The van der Waals surface area contributed by atoms with Gasteiger partial charge in [-0.3, -0.25) is 9.69 Å². The van der Waals surface area contributed by atoms with Crippen LogP contribution in [0.5, 0.6) is 0 Å². The number of rotatable bonds is 5. The van der Waals surface area contributed by atoms with Crippen molar-refractivity contribution in [1.29, 1.82) is 0 Å². The molecule has 1 N–H and O–H groups in total. The third-order valence-electron chi connectivity index (χ3n) is 5.15. The number of carbonyl (C=O) groups is 1. The van der Waals surface area contributed by atoms with Crippen LogP contribution < -0.4 is 5.32 Å². The van der Waals surface area contributed by atoms with Crippen LogP contribution >= 0.6 is 15.9 Å². The Balaban J connectivity index is 1.63. The topological polar surface area (TPSA) is 95.8 Å². The molecule has 29 heavy (non-hydrogen) atoms. The minimum absolute atomic E-state index is 0.128. The van der Waals surface area contributed by atoms with Gasteiger partial charge in [-0.05, 0) is 61.3 Å². The molecule has 8 nitrogen and oxygen atoms in total. The molecule has 1 atom stereocenters. The molecule has 1 aliphatic rings. The van der Waals surface area contributed by atoms with Crippen LogP contribution in [0.15, 0.2) is 32.1 Å². The molecule has 0 saturated carbocycles. The summed E-state index contributed by atoms with van der Waals surface area (Å²) < 4.78 is 33.1. The van der Waals surface area contributed by atoms with E-state index >= 15 is 0 Å². The van der Waals surface area contributed by atoms with E-state index in [9.17, 15) is 13.2 Å². The second kappa shape index (κ2) is 8.55. The highest BCUT2D eigenvalue weighted by Gasteiger charge is 2.35. The lowest BCUT2D eigenvalue weighted by Gasteiger charge is -2.36. The number of carbonyl (C=O) groups excluding carboxylic acids is 1. The number of anilines is 1. The zero-order valence-corrected chi connectivity index (χ0v) is 19.3. The summed E-state index contributed by atoms with van der Waals surface area (Å²) in [5.41, 5.74) is 2.17. The van der Waals surface area contributed by atoms with Crippen molar-refractivity contribution in [3.63, 3.8) is 0 Å². The van der Waals surface area contributed by atoms with Crippen molar-refractivity contribution in [1.82, 2.24) is 14.4 Å². The average molecular weight is 485 g/mol. The van der Waals surface area contributed by atoms with Crippen LogP contribution in [0.4, 0.5) is 5.69 Å². The molecule has 1 aromatic heterocycles. The zero-order valence-electron chi connectivity index (χ0n) is 16.9. The Hall–Kier alpha value is -1.75. The third-order valence-corrected chi connectivity index (χ3v) is 7.95. The fourth-order valence-electron chi connectivity index (χ4n) is 3.43. The third kappa shape index (κ3) is 4.55. The smallest absolute Gasteiger partial charge is 0.248 e. The van der Waals surface area contributed by atoms with Crippen molar-refractivity contribution in [3.8, 4) is 0 Å². The maximum atomic E-state index is 12.9. The van der Waals surface area contributed by atoms with E-state index in [-0.39, 0.29) is 16.8 Å². The first kappa shape index (κ1) is 21.9. The second-order valence-corrected chi connectivity index (χ2v) is 9.97. The summed E-state index contributed by atoms with van der Waals surface area (Å²) >= 11 is 3.47. The predicted octanol–water partition coefficient (Wildman–Crippen LogP) is 2.70. The number of nitrogens with zero attached hydrogens (tertiary/aromatic N) is 3. The summed E-state index contributed by atoms with van der Waals surface area (Å²) in [6.45, 7) is 8.56. The molecular formula is C19H25BrN4O4S. The molecule has 2 aromatic rings. The van der Waals surface area contributed by atoms with Crippen LogP contribution in [0, 0.1) is 20.8 Å². The van der Waals surface area contributed by atoms with Gasteiger partial charge < -0.3 is 9.84 Å². The van der Waals surface area contributed by atoms with E-state index in [2.05, 4.69) is 26.4 Å². The highest BCUT2D eigenvalue weighted by Crippen LogP contribution is 2.26. The summed E-state index contributed by atoms with van der Waals surface area (Å²) in [6, 6.07) is 5.35. The van der Waals surface area contributed by atoms with Gasteiger partial charge >= 0.3 is 0 Å². The molecule has 1 saturated heterocycles. The Kier molecular flexibility index (Phi) is 6.47. The highest BCUT2D eigenvalue weighted by atomic mass is 79.9. The minimum atomic E-state index is -3.66. The van der Waals surface area contributed by atoms with Gasteiger partial charge in [0.15, 0.2) is 5.76 Å². The molecule has 1 aromatic carbocycles. The van der Waals surface area contributed by atoms with Crippen LogP contribution in [0.3, 0.4) is 0 Å². The van der Waals surface area contributed by atoms with Gasteiger partial charge in [-0.2, -0.15) is 4.31 Å². The van der Waals surface area contributed by atoms with Crippen molar-refractivity contribution < 1.29 is 17.7 Å². The fourth-order valence-corrected chi connectivity index (χ4v) is 5.73. The van der Waals surface area contributed by atoms with E-state index in [1.165, 1.54) is 4.31 Å². The van der Waals surface area contributed by atoms with E-state index in [0.29, 0.717) is 43.3 Å². The van der Waals surface area contributed by atoms with Crippen LogP contribution in [0.1, 0.15) is 23.9 Å². The molecule has 1 amide bonds. The Labute approximate surface area is 179 Å². The number of hydrogen-bond donors (Lipinski definition) is 1. The van der Waals surface area contributed by atoms with E-state index in [4.69, 9.17) is 4.52 Å². The maximum absolute atomic E-state index is 12.9. The SMILES string of the molecule is Cc1ccc(NC(=O)C(C)N2CCN(S(=O)(=O)c3c(C)noc3C)CC2)c(Br)c1. The van der Waals surface area contributed by atoms with Crippen molar-refractivity contribution in [2.75, 3.05) is 31.5 Å². The minimum Gasteiger partial charge on any atom is -0.360 e. The molecule has 3 rings (SSSR count). The fraction of sp³-hybridized carbons (Fsp3) is 0.474. The number of piperazine rings is 1. The van der Waals surface area contributed by atoms with Gasteiger partial charge in [-0.15, -0.1) is 0 Å².